The second-order valence-corrected chi connectivity index (χ2v) is 5.30. The molecule has 0 amide bonds. The molecule has 2 heterocycles. The highest BCUT2D eigenvalue weighted by molar-refractivity contribution is 6.18. The van der Waals surface area contributed by atoms with E-state index in [9.17, 15) is 0 Å². The van der Waals surface area contributed by atoms with Gasteiger partial charge in [0.15, 0.2) is 0 Å². The number of alkyl halides is 1. The van der Waals surface area contributed by atoms with E-state index in [0.717, 1.165) is 24.8 Å². The first kappa shape index (κ1) is 13.4. The Labute approximate surface area is 113 Å². The summed E-state index contributed by atoms with van der Waals surface area (Å²) < 4.78 is 5.59. The molecular formula is C13H20ClN3O. The van der Waals surface area contributed by atoms with E-state index in [1.54, 1.807) is 6.33 Å². The molecule has 0 N–H and O–H groups in total. The molecule has 18 heavy (non-hydrogen) atoms. The molecule has 5 heteroatoms. The summed E-state index contributed by atoms with van der Waals surface area (Å²) in [6.07, 6.45) is 4.07. The van der Waals surface area contributed by atoms with Crippen LogP contribution in [0.4, 0.5) is 5.82 Å². The van der Waals surface area contributed by atoms with Crippen LogP contribution in [0.1, 0.15) is 26.7 Å². The minimum absolute atomic E-state index is 0.129. The third kappa shape index (κ3) is 3.48. The van der Waals surface area contributed by atoms with Gasteiger partial charge in [-0.1, -0.05) is 0 Å². The molecule has 1 aliphatic heterocycles. The van der Waals surface area contributed by atoms with Crippen molar-refractivity contribution in [2.45, 2.75) is 32.8 Å². The molecule has 0 saturated carbocycles. The molecule has 0 spiro atoms. The maximum atomic E-state index is 5.95. The Morgan fingerprint density at radius 1 is 1.50 bits per heavy atom. The van der Waals surface area contributed by atoms with Gasteiger partial charge in [0.25, 0.3) is 0 Å². The minimum Gasteiger partial charge on any atom is -0.475 e. The van der Waals surface area contributed by atoms with Crippen molar-refractivity contribution in [1.82, 2.24) is 9.97 Å². The summed E-state index contributed by atoms with van der Waals surface area (Å²) in [6.45, 7) is 5.99. The van der Waals surface area contributed by atoms with Crippen LogP contribution in [0.3, 0.4) is 0 Å². The first-order valence-corrected chi connectivity index (χ1v) is 7.02. The zero-order valence-corrected chi connectivity index (χ0v) is 11.7. The summed E-state index contributed by atoms with van der Waals surface area (Å²) in [5, 5.41) is 0. The molecule has 1 fully saturated rings. The fraction of sp³-hybridized carbons (Fsp3) is 0.692. The van der Waals surface area contributed by atoms with Gasteiger partial charge in [-0.15, -0.1) is 11.6 Å². The first-order valence-electron chi connectivity index (χ1n) is 6.48. The molecule has 1 saturated heterocycles. The number of rotatable bonds is 4. The molecule has 1 aromatic rings. The summed E-state index contributed by atoms with van der Waals surface area (Å²) >= 11 is 5.95. The average molecular weight is 270 g/mol. The average Bonchev–Trinajstić information content (AvgIpc) is 2.38. The quantitative estimate of drug-likeness (QED) is 0.788. The number of hydrogen-bond acceptors (Lipinski definition) is 4. The van der Waals surface area contributed by atoms with E-state index in [4.69, 9.17) is 16.3 Å². The van der Waals surface area contributed by atoms with Gasteiger partial charge in [0.1, 0.15) is 12.1 Å². The zero-order valence-electron chi connectivity index (χ0n) is 11.0. The number of halogens is 1. The van der Waals surface area contributed by atoms with Crippen LogP contribution in [0, 0.1) is 5.92 Å². The van der Waals surface area contributed by atoms with Gasteiger partial charge in [-0.05, 0) is 32.6 Å². The fourth-order valence-electron chi connectivity index (χ4n) is 2.21. The van der Waals surface area contributed by atoms with Crippen molar-refractivity contribution >= 4 is 17.4 Å². The lowest BCUT2D eigenvalue weighted by atomic mass is 10.0. The second kappa shape index (κ2) is 6.23. The van der Waals surface area contributed by atoms with Gasteiger partial charge in [-0.3, -0.25) is 0 Å². The lowest BCUT2D eigenvalue weighted by molar-refractivity contribution is 0.232. The fourth-order valence-corrected chi connectivity index (χ4v) is 2.46. The Kier molecular flexibility index (Phi) is 4.64. The molecule has 0 radical (unpaired) electrons. The SMILES string of the molecule is CC(C)Oc1cc(N2CCCC(CCl)C2)ncn1. The number of piperidine rings is 1. The predicted molar refractivity (Wildman–Crippen MR) is 73.5 cm³/mol. The predicted octanol–water partition coefficient (Wildman–Crippen LogP) is 2.72. The smallest absolute Gasteiger partial charge is 0.218 e. The van der Waals surface area contributed by atoms with E-state index in [1.807, 2.05) is 19.9 Å². The Balaban J connectivity index is 2.07. The van der Waals surface area contributed by atoms with Crippen molar-refractivity contribution in [3.8, 4) is 5.88 Å². The van der Waals surface area contributed by atoms with Crippen LogP contribution in [0.2, 0.25) is 0 Å². The summed E-state index contributed by atoms with van der Waals surface area (Å²) in [5.41, 5.74) is 0. The lowest BCUT2D eigenvalue weighted by Gasteiger charge is -2.32. The number of nitrogens with zero attached hydrogens (tertiary/aromatic N) is 3. The molecule has 0 aromatic carbocycles. The molecule has 1 unspecified atom stereocenters. The Morgan fingerprint density at radius 2 is 2.33 bits per heavy atom. The van der Waals surface area contributed by atoms with Crippen LogP contribution in [0.15, 0.2) is 12.4 Å². The second-order valence-electron chi connectivity index (χ2n) is 4.99. The van der Waals surface area contributed by atoms with E-state index in [-0.39, 0.29) is 6.10 Å². The molecular weight excluding hydrogens is 250 g/mol. The van der Waals surface area contributed by atoms with Crippen molar-refractivity contribution in [3.63, 3.8) is 0 Å². The summed E-state index contributed by atoms with van der Waals surface area (Å²) in [7, 11) is 0. The highest BCUT2D eigenvalue weighted by Gasteiger charge is 2.20. The molecule has 0 bridgehead atoms. The van der Waals surface area contributed by atoms with Crippen LogP contribution >= 0.6 is 11.6 Å². The van der Waals surface area contributed by atoms with Crippen molar-refractivity contribution in [2.24, 2.45) is 5.92 Å². The lowest BCUT2D eigenvalue weighted by Crippen LogP contribution is -2.36. The van der Waals surface area contributed by atoms with E-state index in [1.165, 1.54) is 12.8 Å². The molecule has 1 aromatic heterocycles. The molecule has 2 rings (SSSR count). The highest BCUT2D eigenvalue weighted by Crippen LogP contribution is 2.24. The van der Waals surface area contributed by atoms with Gasteiger partial charge < -0.3 is 9.64 Å². The van der Waals surface area contributed by atoms with E-state index >= 15 is 0 Å². The molecule has 0 aliphatic carbocycles. The summed E-state index contributed by atoms with van der Waals surface area (Å²) in [4.78, 5) is 10.7. The maximum Gasteiger partial charge on any atom is 0.218 e. The van der Waals surface area contributed by atoms with Crippen LogP contribution < -0.4 is 9.64 Å². The van der Waals surface area contributed by atoms with Gasteiger partial charge >= 0.3 is 0 Å². The van der Waals surface area contributed by atoms with Gasteiger partial charge in [0, 0.05) is 25.0 Å². The van der Waals surface area contributed by atoms with E-state index in [0.29, 0.717) is 11.8 Å². The van der Waals surface area contributed by atoms with Crippen molar-refractivity contribution < 1.29 is 4.74 Å². The van der Waals surface area contributed by atoms with Gasteiger partial charge in [0.05, 0.1) is 6.10 Å². The van der Waals surface area contributed by atoms with Gasteiger partial charge in [-0.25, -0.2) is 9.97 Å². The van der Waals surface area contributed by atoms with Crippen molar-refractivity contribution in [3.05, 3.63) is 12.4 Å². The summed E-state index contributed by atoms with van der Waals surface area (Å²) in [6, 6.07) is 1.91. The third-order valence-electron chi connectivity index (χ3n) is 3.05. The molecule has 100 valence electrons. The zero-order chi connectivity index (χ0) is 13.0. The monoisotopic (exact) mass is 269 g/mol. The number of anilines is 1. The Bertz CT molecular complexity index is 386. The Hall–Kier alpha value is -1.03. The minimum atomic E-state index is 0.129. The van der Waals surface area contributed by atoms with E-state index < -0.39 is 0 Å². The summed E-state index contributed by atoms with van der Waals surface area (Å²) in [5.74, 6) is 2.86. The Morgan fingerprint density at radius 3 is 3.06 bits per heavy atom. The molecule has 1 atom stereocenters. The number of aromatic nitrogens is 2. The van der Waals surface area contributed by atoms with Crippen molar-refractivity contribution in [1.29, 1.82) is 0 Å². The van der Waals surface area contributed by atoms with Crippen LogP contribution in [-0.4, -0.2) is 35.0 Å². The number of hydrogen-bond donors (Lipinski definition) is 0. The standard InChI is InChI=1S/C13H20ClN3O/c1-10(2)18-13-6-12(15-9-16-13)17-5-3-4-11(7-14)8-17/h6,9-11H,3-5,7-8H2,1-2H3. The van der Waals surface area contributed by atoms with Crippen LogP contribution in [0.5, 0.6) is 5.88 Å². The highest BCUT2D eigenvalue weighted by atomic mass is 35.5. The maximum absolute atomic E-state index is 5.95. The molecule has 1 aliphatic rings. The van der Waals surface area contributed by atoms with Gasteiger partial charge in [0.2, 0.25) is 5.88 Å². The normalized spacial score (nSPS) is 20.2. The topological polar surface area (TPSA) is 38.2 Å². The van der Waals surface area contributed by atoms with Crippen molar-refractivity contribution in [2.75, 3.05) is 23.9 Å². The number of ether oxygens (including phenoxy) is 1. The van der Waals surface area contributed by atoms with Crippen LogP contribution in [0.25, 0.3) is 0 Å². The van der Waals surface area contributed by atoms with E-state index in [2.05, 4.69) is 14.9 Å². The largest absolute Gasteiger partial charge is 0.475 e. The molecule has 4 nitrogen and oxygen atoms in total. The first-order chi connectivity index (χ1) is 8.69. The van der Waals surface area contributed by atoms with Crippen LogP contribution in [-0.2, 0) is 0 Å². The third-order valence-corrected chi connectivity index (χ3v) is 3.48. The van der Waals surface area contributed by atoms with Gasteiger partial charge in [-0.2, -0.15) is 0 Å².